The van der Waals surface area contributed by atoms with Crippen molar-refractivity contribution in [3.05, 3.63) is 64.8 Å². The highest BCUT2D eigenvalue weighted by atomic mass is 35.5. The Morgan fingerprint density at radius 1 is 1.18 bits per heavy atom. The van der Waals surface area contributed by atoms with Gasteiger partial charge in [0.25, 0.3) is 0 Å². The highest BCUT2D eigenvalue weighted by Crippen LogP contribution is 2.37. The zero-order valence-electron chi connectivity index (χ0n) is 12.1. The fourth-order valence-electron chi connectivity index (χ4n) is 2.81. The van der Waals surface area contributed by atoms with Crippen LogP contribution in [0.2, 0.25) is 5.02 Å². The van der Waals surface area contributed by atoms with E-state index in [-0.39, 0.29) is 6.61 Å². The van der Waals surface area contributed by atoms with Gasteiger partial charge in [-0.1, -0.05) is 29.8 Å². The Labute approximate surface area is 133 Å². The van der Waals surface area contributed by atoms with Crippen LogP contribution in [-0.2, 0) is 0 Å². The molecule has 3 rings (SSSR count). The van der Waals surface area contributed by atoms with Gasteiger partial charge >= 0.3 is 0 Å². The molecule has 0 saturated carbocycles. The van der Waals surface area contributed by atoms with Crippen molar-refractivity contribution >= 4 is 22.5 Å². The van der Waals surface area contributed by atoms with Gasteiger partial charge in [0.2, 0.25) is 0 Å². The van der Waals surface area contributed by atoms with E-state index in [1.807, 2.05) is 49.4 Å². The standard InChI is InChI=1S/C18H16ClNO2/c1-11-9-13-3-2-8-20-18(13)17(16(11)15(22)10-21)12-4-6-14(19)7-5-12/h2-9,15,21-22H,10H2,1H3. The Hall–Kier alpha value is -1.94. The SMILES string of the molecule is Cc1cc2cccnc2c(-c2ccc(Cl)cc2)c1C(O)CO. The zero-order valence-corrected chi connectivity index (χ0v) is 12.9. The molecule has 112 valence electrons. The zero-order chi connectivity index (χ0) is 15.7. The molecule has 1 atom stereocenters. The summed E-state index contributed by atoms with van der Waals surface area (Å²) in [4.78, 5) is 4.47. The number of hydrogen-bond acceptors (Lipinski definition) is 3. The van der Waals surface area contributed by atoms with Gasteiger partial charge in [0.1, 0.15) is 6.10 Å². The van der Waals surface area contributed by atoms with Gasteiger partial charge in [-0.3, -0.25) is 4.98 Å². The van der Waals surface area contributed by atoms with Crippen molar-refractivity contribution in [2.24, 2.45) is 0 Å². The summed E-state index contributed by atoms with van der Waals surface area (Å²) in [5.74, 6) is 0. The van der Waals surface area contributed by atoms with Crippen LogP contribution in [0.1, 0.15) is 17.2 Å². The number of aliphatic hydroxyl groups is 2. The Kier molecular flexibility index (Phi) is 4.12. The van der Waals surface area contributed by atoms with Gasteiger partial charge < -0.3 is 10.2 Å². The molecule has 0 aliphatic carbocycles. The molecule has 3 aromatic rings. The number of halogens is 1. The van der Waals surface area contributed by atoms with Crippen LogP contribution < -0.4 is 0 Å². The predicted molar refractivity (Wildman–Crippen MR) is 89.0 cm³/mol. The minimum Gasteiger partial charge on any atom is -0.393 e. The minimum atomic E-state index is -0.947. The molecule has 0 aliphatic rings. The van der Waals surface area contributed by atoms with Crippen LogP contribution in [0.25, 0.3) is 22.0 Å². The van der Waals surface area contributed by atoms with Gasteiger partial charge in [-0.2, -0.15) is 0 Å². The summed E-state index contributed by atoms with van der Waals surface area (Å²) in [7, 11) is 0. The molecule has 0 bridgehead atoms. The average Bonchev–Trinajstić information content (AvgIpc) is 2.54. The lowest BCUT2D eigenvalue weighted by Crippen LogP contribution is -2.08. The first-order chi connectivity index (χ1) is 10.6. The first kappa shape index (κ1) is 15.0. The maximum absolute atomic E-state index is 10.3. The monoisotopic (exact) mass is 313 g/mol. The van der Waals surface area contributed by atoms with Crippen LogP contribution in [0.4, 0.5) is 0 Å². The Morgan fingerprint density at radius 2 is 1.91 bits per heavy atom. The topological polar surface area (TPSA) is 53.4 Å². The third-order valence-corrected chi connectivity index (χ3v) is 4.03. The number of benzene rings is 2. The molecule has 0 aliphatic heterocycles. The summed E-state index contributed by atoms with van der Waals surface area (Å²) >= 11 is 5.97. The number of aryl methyl sites for hydroxylation is 1. The lowest BCUT2D eigenvalue weighted by atomic mass is 9.90. The number of fused-ring (bicyclic) bond motifs is 1. The number of hydrogen-bond donors (Lipinski definition) is 2. The quantitative estimate of drug-likeness (QED) is 0.771. The van der Waals surface area contributed by atoms with Crippen LogP contribution in [0.3, 0.4) is 0 Å². The van der Waals surface area contributed by atoms with E-state index >= 15 is 0 Å². The van der Waals surface area contributed by atoms with Gasteiger partial charge in [-0.15, -0.1) is 0 Å². The van der Waals surface area contributed by atoms with Gasteiger partial charge in [0, 0.05) is 22.2 Å². The first-order valence-corrected chi connectivity index (χ1v) is 7.42. The molecule has 1 heterocycles. The summed E-state index contributed by atoms with van der Waals surface area (Å²) in [6.07, 6.45) is 0.781. The van der Waals surface area contributed by atoms with Crippen LogP contribution >= 0.6 is 11.6 Å². The molecule has 2 aromatic carbocycles. The van der Waals surface area contributed by atoms with Crippen molar-refractivity contribution in [3.63, 3.8) is 0 Å². The summed E-state index contributed by atoms with van der Waals surface area (Å²) in [5, 5.41) is 21.3. The number of nitrogens with zero attached hydrogens (tertiary/aromatic N) is 1. The molecule has 0 amide bonds. The van der Waals surface area contributed by atoms with Crippen molar-refractivity contribution in [1.82, 2.24) is 4.98 Å². The molecule has 0 saturated heterocycles. The number of aromatic nitrogens is 1. The van der Waals surface area contributed by atoms with Crippen LogP contribution in [-0.4, -0.2) is 21.8 Å². The van der Waals surface area contributed by atoms with Crippen molar-refractivity contribution in [1.29, 1.82) is 0 Å². The van der Waals surface area contributed by atoms with Gasteiger partial charge in [-0.05, 0) is 47.9 Å². The second kappa shape index (κ2) is 6.05. The normalized spacial score (nSPS) is 12.5. The van der Waals surface area contributed by atoms with Gasteiger partial charge in [0.05, 0.1) is 12.1 Å². The molecule has 0 fully saturated rings. The third kappa shape index (κ3) is 2.59. The number of aliphatic hydroxyl groups excluding tert-OH is 2. The van der Waals surface area contributed by atoms with Crippen molar-refractivity contribution in [2.45, 2.75) is 13.0 Å². The molecule has 22 heavy (non-hydrogen) atoms. The van der Waals surface area contributed by atoms with E-state index in [1.54, 1.807) is 6.20 Å². The molecule has 2 N–H and O–H groups in total. The van der Waals surface area contributed by atoms with E-state index in [0.29, 0.717) is 10.6 Å². The molecule has 4 heteroatoms. The lowest BCUT2D eigenvalue weighted by Gasteiger charge is -2.19. The van der Waals surface area contributed by atoms with Crippen molar-refractivity contribution < 1.29 is 10.2 Å². The fraction of sp³-hybridized carbons (Fsp3) is 0.167. The third-order valence-electron chi connectivity index (χ3n) is 3.78. The summed E-state index contributed by atoms with van der Waals surface area (Å²) in [6.45, 7) is 1.60. The van der Waals surface area contributed by atoms with E-state index in [1.165, 1.54) is 0 Å². The van der Waals surface area contributed by atoms with Crippen LogP contribution in [0, 0.1) is 6.92 Å². The molecule has 0 radical (unpaired) electrons. The van der Waals surface area contributed by atoms with E-state index in [4.69, 9.17) is 11.6 Å². The molecule has 0 spiro atoms. The smallest absolute Gasteiger partial charge is 0.103 e. The van der Waals surface area contributed by atoms with Crippen LogP contribution in [0.5, 0.6) is 0 Å². The molecule has 1 unspecified atom stereocenters. The number of rotatable bonds is 3. The number of pyridine rings is 1. The minimum absolute atomic E-state index is 0.334. The molecular weight excluding hydrogens is 298 g/mol. The maximum Gasteiger partial charge on any atom is 0.103 e. The van der Waals surface area contributed by atoms with Crippen LogP contribution in [0.15, 0.2) is 48.7 Å². The second-order valence-corrected chi connectivity index (χ2v) is 5.70. The molecule has 3 nitrogen and oxygen atoms in total. The van der Waals surface area contributed by atoms with Gasteiger partial charge in [-0.25, -0.2) is 0 Å². The fourth-order valence-corrected chi connectivity index (χ4v) is 2.93. The highest BCUT2D eigenvalue weighted by molar-refractivity contribution is 6.30. The van der Waals surface area contributed by atoms with E-state index in [0.717, 1.165) is 27.6 Å². The Morgan fingerprint density at radius 3 is 2.59 bits per heavy atom. The average molecular weight is 314 g/mol. The van der Waals surface area contributed by atoms with Crippen molar-refractivity contribution in [3.8, 4) is 11.1 Å². The molecular formula is C18H16ClNO2. The Balaban J connectivity index is 2.39. The summed E-state index contributed by atoms with van der Waals surface area (Å²) in [5.41, 5.74) is 4.19. The largest absolute Gasteiger partial charge is 0.393 e. The lowest BCUT2D eigenvalue weighted by molar-refractivity contribution is 0.0956. The maximum atomic E-state index is 10.3. The predicted octanol–water partition coefficient (Wildman–Crippen LogP) is 3.89. The van der Waals surface area contributed by atoms with Crippen molar-refractivity contribution in [2.75, 3.05) is 6.61 Å². The highest BCUT2D eigenvalue weighted by Gasteiger charge is 2.19. The second-order valence-electron chi connectivity index (χ2n) is 5.26. The summed E-state index contributed by atoms with van der Waals surface area (Å²) < 4.78 is 0. The Bertz CT molecular complexity index is 815. The van der Waals surface area contributed by atoms with E-state index < -0.39 is 6.10 Å². The van der Waals surface area contributed by atoms with E-state index in [2.05, 4.69) is 4.98 Å². The first-order valence-electron chi connectivity index (χ1n) is 7.05. The van der Waals surface area contributed by atoms with Gasteiger partial charge in [0.15, 0.2) is 0 Å². The summed E-state index contributed by atoms with van der Waals surface area (Å²) in [6, 6.07) is 13.3. The molecule has 1 aromatic heterocycles. The van der Waals surface area contributed by atoms with E-state index in [9.17, 15) is 10.2 Å².